The molecule has 0 saturated heterocycles. The molecule has 0 atom stereocenters. The van der Waals surface area contributed by atoms with Crippen molar-refractivity contribution in [3.05, 3.63) is 98.3 Å². The van der Waals surface area contributed by atoms with Crippen molar-refractivity contribution in [3.63, 3.8) is 0 Å². The molecule has 4 rings (SSSR count). The number of nitro benzene ring substituents is 1. The van der Waals surface area contributed by atoms with Gasteiger partial charge < -0.3 is 4.74 Å². The highest BCUT2D eigenvalue weighted by molar-refractivity contribution is 5.83. The normalized spacial score (nSPS) is 11.5. The first-order chi connectivity index (χ1) is 17.2. The maximum absolute atomic E-state index is 13.3. The van der Waals surface area contributed by atoms with Crippen LogP contribution in [0.4, 0.5) is 18.9 Å². The number of hydrogen-bond acceptors (Lipinski definition) is 6. The number of fused-ring (bicyclic) bond motifs is 1. The van der Waals surface area contributed by atoms with Crippen LogP contribution in [0.5, 0.6) is 5.75 Å². The summed E-state index contributed by atoms with van der Waals surface area (Å²) in [4.78, 5) is 28.4. The highest BCUT2D eigenvalue weighted by atomic mass is 19.4. The van der Waals surface area contributed by atoms with Gasteiger partial charge in [-0.3, -0.25) is 14.9 Å². The van der Waals surface area contributed by atoms with E-state index in [1.165, 1.54) is 36.4 Å². The molecule has 180 valence electrons. The molecule has 0 aliphatic heterocycles. The smallest absolute Gasteiger partial charge is 0.416 e. The van der Waals surface area contributed by atoms with Gasteiger partial charge >= 0.3 is 11.9 Å². The van der Waals surface area contributed by atoms with E-state index in [9.17, 15) is 28.1 Å². The van der Waals surface area contributed by atoms with Crippen LogP contribution in [0, 0.1) is 22.5 Å². The number of nitrogens with zero attached hydrogens (tertiary/aromatic N) is 4. The van der Waals surface area contributed by atoms with Gasteiger partial charge in [0.1, 0.15) is 6.61 Å². The van der Waals surface area contributed by atoms with Crippen molar-refractivity contribution in [3.8, 4) is 29.5 Å². The van der Waals surface area contributed by atoms with Crippen molar-refractivity contribution >= 4 is 22.8 Å². The molecule has 0 aliphatic rings. The number of terminal acetylenes is 1. The molecule has 0 radical (unpaired) electrons. The Morgan fingerprint density at radius 3 is 2.64 bits per heavy atom. The molecular weight excluding hydrogens is 477 g/mol. The SMILES string of the molecule is C#CCOc1ccc(C=Nn2c(-c3cccc(C(F)(F)F)c3)nc3ccccc3c2=O)cc1[N+](=O)[O-]. The summed E-state index contributed by atoms with van der Waals surface area (Å²) in [7, 11) is 0. The molecule has 0 fully saturated rings. The highest BCUT2D eigenvalue weighted by Crippen LogP contribution is 2.32. The zero-order valence-corrected chi connectivity index (χ0v) is 18.3. The number of aromatic nitrogens is 2. The van der Waals surface area contributed by atoms with Gasteiger partial charge in [0.2, 0.25) is 0 Å². The number of benzene rings is 3. The van der Waals surface area contributed by atoms with Gasteiger partial charge in [0.15, 0.2) is 11.6 Å². The van der Waals surface area contributed by atoms with Crippen LogP contribution in [0.15, 0.2) is 76.6 Å². The zero-order valence-electron chi connectivity index (χ0n) is 18.3. The summed E-state index contributed by atoms with van der Waals surface area (Å²) in [6, 6.07) is 14.6. The summed E-state index contributed by atoms with van der Waals surface area (Å²) in [6.45, 7) is -0.174. The lowest BCUT2D eigenvalue weighted by atomic mass is 10.1. The van der Waals surface area contributed by atoms with Crippen LogP contribution >= 0.6 is 0 Å². The minimum Gasteiger partial charge on any atom is -0.474 e. The maximum Gasteiger partial charge on any atom is 0.416 e. The summed E-state index contributed by atoms with van der Waals surface area (Å²) in [5.41, 5.74) is -1.43. The van der Waals surface area contributed by atoms with E-state index < -0.39 is 22.2 Å². The Morgan fingerprint density at radius 1 is 1.14 bits per heavy atom. The van der Waals surface area contributed by atoms with E-state index in [4.69, 9.17) is 11.2 Å². The molecule has 0 amide bonds. The van der Waals surface area contributed by atoms with Gasteiger partial charge in [-0.15, -0.1) is 6.42 Å². The van der Waals surface area contributed by atoms with Gasteiger partial charge in [0, 0.05) is 17.2 Å². The molecule has 3 aromatic carbocycles. The van der Waals surface area contributed by atoms with E-state index in [-0.39, 0.29) is 45.9 Å². The molecular formula is C25H15F3N4O4. The predicted octanol–water partition coefficient (Wildman–Crippen LogP) is 4.88. The maximum atomic E-state index is 13.3. The van der Waals surface area contributed by atoms with Crippen molar-refractivity contribution in [2.24, 2.45) is 5.10 Å². The van der Waals surface area contributed by atoms with Crippen LogP contribution in [0.3, 0.4) is 0 Å². The standard InChI is InChI=1S/C25H15F3N4O4/c1-2-12-36-22-11-10-16(13-21(22)32(34)35)15-29-31-23(17-6-5-7-18(14-17)25(26,27)28)30-20-9-4-3-8-19(20)24(31)33/h1,3-11,13-15H,12H2. The Bertz CT molecular complexity index is 1600. The first kappa shape index (κ1) is 24.2. The van der Waals surface area contributed by atoms with E-state index in [0.717, 1.165) is 23.0 Å². The number of halogens is 3. The number of hydrogen-bond donors (Lipinski definition) is 0. The Hall–Kier alpha value is -4.98. The molecule has 4 aromatic rings. The highest BCUT2D eigenvalue weighted by Gasteiger charge is 2.31. The Balaban J connectivity index is 1.87. The molecule has 0 saturated carbocycles. The largest absolute Gasteiger partial charge is 0.474 e. The molecule has 1 aromatic heterocycles. The minimum atomic E-state index is -4.61. The second-order valence-corrected chi connectivity index (χ2v) is 7.37. The average Bonchev–Trinajstić information content (AvgIpc) is 2.86. The molecule has 11 heteroatoms. The molecule has 1 heterocycles. The molecule has 0 N–H and O–H groups in total. The number of nitro groups is 1. The van der Waals surface area contributed by atoms with Crippen LogP contribution in [-0.2, 0) is 6.18 Å². The second-order valence-electron chi connectivity index (χ2n) is 7.37. The van der Waals surface area contributed by atoms with Crippen molar-refractivity contribution < 1.29 is 22.8 Å². The Labute approximate surface area is 201 Å². The lowest BCUT2D eigenvalue weighted by Gasteiger charge is -2.12. The third kappa shape index (κ3) is 4.92. The number of alkyl halides is 3. The van der Waals surface area contributed by atoms with E-state index in [2.05, 4.69) is 16.0 Å². The Kier molecular flexibility index (Phi) is 6.52. The summed E-state index contributed by atoms with van der Waals surface area (Å²) >= 11 is 0. The number of ether oxygens (including phenoxy) is 1. The zero-order chi connectivity index (χ0) is 25.9. The first-order valence-corrected chi connectivity index (χ1v) is 10.3. The van der Waals surface area contributed by atoms with Crippen molar-refractivity contribution in [1.82, 2.24) is 9.66 Å². The Morgan fingerprint density at radius 2 is 1.92 bits per heavy atom. The van der Waals surface area contributed by atoms with Gasteiger partial charge in [-0.2, -0.15) is 22.9 Å². The molecule has 8 nitrogen and oxygen atoms in total. The number of para-hydroxylation sites is 1. The monoisotopic (exact) mass is 492 g/mol. The van der Waals surface area contributed by atoms with E-state index in [1.54, 1.807) is 18.2 Å². The summed E-state index contributed by atoms with van der Waals surface area (Å²) in [5.74, 6) is 2.03. The molecule has 0 bridgehead atoms. The van der Waals surface area contributed by atoms with Crippen molar-refractivity contribution in [2.45, 2.75) is 6.18 Å². The third-order valence-corrected chi connectivity index (χ3v) is 5.01. The van der Waals surface area contributed by atoms with Crippen LogP contribution in [0.1, 0.15) is 11.1 Å². The summed E-state index contributed by atoms with van der Waals surface area (Å²) in [5, 5.41) is 15.8. The van der Waals surface area contributed by atoms with Crippen LogP contribution in [0.2, 0.25) is 0 Å². The summed E-state index contributed by atoms with van der Waals surface area (Å²) < 4.78 is 45.9. The van der Waals surface area contributed by atoms with Crippen LogP contribution in [-0.4, -0.2) is 27.4 Å². The van der Waals surface area contributed by atoms with Gasteiger partial charge in [-0.1, -0.05) is 30.2 Å². The van der Waals surface area contributed by atoms with Gasteiger partial charge in [0.25, 0.3) is 5.56 Å². The predicted molar refractivity (Wildman–Crippen MR) is 127 cm³/mol. The van der Waals surface area contributed by atoms with E-state index in [0.29, 0.717) is 0 Å². The second kappa shape index (κ2) is 9.71. The fourth-order valence-corrected chi connectivity index (χ4v) is 3.38. The van der Waals surface area contributed by atoms with E-state index in [1.807, 2.05) is 0 Å². The van der Waals surface area contributed by atoms with Gasteiger partial charge in [-0.25, -0.2) is 4.98 Å². The fraction of sp³-hybridized carbons (Fsp3) is 0.0800. The molecule has 0 aliphatic carbocycles. The van der Waals surface area contributed by atoms with Crippen LogP contribution < -0.4 is 10.3 Å². The lowest BCUT2D eigenvalue weighted by Crippen LogP contribution is -2.20. The van der Waals surface area contributed by atoms with Gasteiger partial charge in [0.05, 0.1) is 27.6 Å². The van der Waals surface area contributed by atoms with Crippen molar-refractivity contribution in [1.29, 1.82) is 0 Å². The first-order valence-electron chi connectivity index (χ1n) is 10.3. The molecule has 0 unspecified atom stereocenters. The van der Waals surface area contributed by atoms with Crippen molar-refractivity contribution in [2.75, 3.05) is 6.61 Å². The van der Waals surface area contributed by atoms with E-state index >= 15 is 0 Å². The summed E-state index contributed by atoms with van der Waals surface area (Å²) in [6.07, 6.45) is 1.68. The average molecular weight is 492 g/mol. The third-order valence-electron chi connectivity index (χ3n) is 5.01. The number of rotatable bonds is 6. The minimum absolute atomic E-state index is 0.00819. The topological polar surface area (TPSA) is 99.6 Å². The molecule has 0 spiro atoms. The quantitative estimate of drug-likeness (QED) is 0.165. The van der Waals surface area contributed by atoms with Gasteiger partial charge in [-0.05, 0) is 36.4 Å². The van der Waals surface area contributed by atoms with Crippen LogP contribution in [0.25, 0.3) is 22.3 Å². The fourth-order valence-electron chi connectivity index (χ4n) is 3.38. The lowest BCUT2D eigenvalue weighted by molar-refractivity contribution is -0.385. The molecule has 36 heavy (non-hydrogen) atoms.